The standard InChI is InChI=1S/C15H26N4O2S/c1-10(2)8-19-5-6-21-12(9-19)7-17-14(20)13-11(3)18-22-15(13)16-4/h10,12,16H,5-9H2,1-4H3,(H,17,20). The molecule has 1 saturated heterocycles. The molecule has 1 aliphatic rings. The van der Waals surface area contributed by atoms with Crippen LogP contribution in [0, 0.1) is 12.8 Å². The molecule has 1 aliphatic heterocycles. The number of hydrogen-bond acceptors (Lipinski definition) is 6. The van der Waals surface area contributed by atoms with Crippen LogP contribution in [0.2, 0.25) is 0 Å². The molecule has 0 aromatic carbocycles. The van der Waals surface area contributed by atoms with Gasteiger partial charge in [-0.1, -0.05) is 13.8 Å². The number of carbonyl (C=O) groups excluding carboxylic acids is 1. The molecule has 7 heteroatoms. The average Bonchev–Trinajstić information content (AvgIpc) is 2.85. The molecular weight excluding hydrogens is 300 g/mol. The number of nitrogens with zero attached hydrogens (tertiary/aromatic N) is 2. The average molecular weight is 326 g/mol. The minimum Gasteiger partial charge on any atom is -0.378 e. The fraction of sp³-hybridized carbons (Fsp3) is 0.733. The first kappa shape index (κ1) is 17.2. The monoisotopic (exact) mass is 326 g/mol. The normalized spacial score (nSPS) is 19.4. The van der Waals surface area contributed by atoms with Crippen molar-refractivity contribution in [1.82, 2.24) is 14.6 Å². The molecule has 124 valence electrons. The number of nitrogens with one attached hydrogen (secondary N) is 2. The van der Waals surface area contributed by atoms with Crippen LogP contribution in [-0.4, -0.2) is 61.1 Å². The second kappa shape index (κ2) is 7.89. The number of rotatable bonds is 6. The highest BCUT2D eigenvalue weighted by Crippen LogP contribution is 2.23. The van der Waals surface area contributed by atoms with Gasteiger partial charge in [-0.15, -0.1) is 0 Å². The van der Waals surface area contributed by atoms with Crippen molar-refractivity contribution in [3.8, 4) is 0 Å². The molecule has 1 fully saturated rings. The molecule has 1 unspecified atom stereocenters. The van der Waals surface area contributed by atoms with E-state index in [1.165, 1.54) is 11.5 Å². The highest BCUT2D eigenvalue weighted by molar-refractivity contribution is 7.10. The molecule has 6 nitrogen and oxygen atoms in total. The van der Waals surface area contributed by atoms with Gasteiger partial charge in [-0.25, -0.2) is 0 Å². The van der Waals surface area contributed by atoms with E-state index < -0.39 is 0 Å². The summed E-state index contributed by atoms with van der Waals surface area (Å²) in [5.41, 5.74) is 1.40. The third-order valence-corrected chi connectivity index (χ3v) is 4.61. The first-order chi connectivity index (χ1) is 10.5. The first-order valence-electron chi connectivity index (χ1n) is 7.77. The van der Waals surface area contributed by atoms with Crippen LogP contribution in [0.25, 0.3) is 0 Å². The van der Waals surface area contributed by atoms with E-state index in [1.54, 1.807) is 7.05 Å². The number of morpholine rings is 1. The smallest absolute Gasteiger partial charge is 0.256 e. The van der Waals surface area contributed by atoms with Gasteiger partial charge in [0.05, 0.1) is 24.0 Å². The van der Waals surface area contributed by atoms with Gasteiger partial charge in [0.1, 0.15) is 5.00 Å². The number of hydrogen-bond donors (Lipinski definition) is 2. The van der Waals surface area contributed by atoms with Crippen LogP contribution in [0.5, 0.6) is 0 Å². The highest BCUT2D eigenvalue weighted by Gasteiger charge is 2.23. The molecule has 0 radical (unpaired) electrons. The van der Waals surface area contributed by atoms with Gasteiger partial charge >= 0.3 is 0 Å². The molecule has 1 atom stereocenters. The zero-order valence-corrected chi connectivity index (χ0v) is 14.6. The van der Waals surface area contributed by atoms with Crippen LogP contribution in [-0.2, 0) is 4.74 Å². The number of anilines is 1. The van der Waals surface area contributed by atoms with E-state index in [4.69, 9.17) is 4.74 Å². The summed E-state index contributed by atoms with van der Waals surface area (Å²) in [6.07, 6.45) is 0.0568. The van der Waals surface area contributed by atoms with Crippen molar-refractivity contribution in [3.63, 3.8) is 0 Å². The van der Waals surface area contributed by atoms with Gasteiger partial charge in [0, 0.05) is 33.2 Å². The molecular formula is C15H26N4O2S. The summed E-state index contributed by atoms with van der Waals surface area (Å²) in [6.45, 7) is 10.5. The van der Waals surface area contributed by atoms with Crippen molar-refractivity contribution in [2.45, 2.75) is 26.9 Å². The van der Waals surface area contributed by atoms with E-state index in [0.717, 1.165) is 36.9 Å². The number of carbonyl (C=O) groups is 1. The topological polar surface area (TPSA) is 66.5 Å². The van der Waals surface area contributed by atoms with Crippen LogP contribution in [0.4, 0.5) is 5.00 Å². The number of aryl methyl sites for hydroxylation is 1. The van der Waals surface area contributed by atoms with E-state index in [-0.39, 0.29) is 12.0 Å². The van der Waals surface area contributed by atoms with Crippen LogP contribution in [0.1, 0.15) is 29.9 Å². The molecule has 0 saturated carbocycles. The predicted octanol–water partition coefficient (Wildman–Crippen LogP) is 1.58. The van der Waals surface area contributed by atoms with Gasteiger partial charge in [-0.05, 0) is 24.4 Å². The molecule has 1 amide bonds. The third kappa shape index (κ3) is 4.41. The molecule has 0 bridgehead atoms. The van der Waals surface area contributed by atoms with Gasteiger partial charge in [0.2, 0.25) is 0 Å². The predicted molar refractivity (Wildman–Crippen MR) is 89.7 cm³/mol. The Bertz CT molecular complexity index is 504. The van der Waals surface area contributed by atoms with E-state index in [9.17, 15) is 4.79 Å². The fourth-order valence-electron chi connectivity index (χ4n) is 2.69. The van der Waals surface area contributed by atoms with Crippen molar-refractivity contribution < 1.29 is 9.53 Å². The molecule has 0 spiro atoms. The Hall–Kier alpha value is -1.18. The number of aromatic nitrogens is 1. The summed E-state index contributed by atoms with van der Waals surface area (Å²) in [7, 11) is 1.80. The Kier molecular flexibility index (Phi) is 6.16. The molecule has 1 aromatic heterocycles. The minimum atomic E-state index is -0.0832. The number of amides is 1. The summed E-state index contributed by atoms with van der Waals surface area (Å²) < 4.78 is 9.99. The largest absolute Gasteiger partial charge is 0.378 e. The van der Waals surface area contributed by atoms with Crippen LogP contribution in [0.15, 0.2) is 0 Å². The van der Waals surface area contributed by atoms with E-state index in [2.05, 4.69) is 33.8 Å². The Morgan fingerprint density at radius 3 is 3.00 bits per heavy atom. The van der Waals surface area contributed by atoms with Crippen molar-refractivity contribution in [3.05, 3.63) is 11.3 Å². The Morgan fingerprint density at radius 2 is 2.32 bits per heavy atom. The molecule has 2 heterocycles. The highest BCUT2D eigenvalue weighted by atomic mass is 32.1. The SMILES string of the molecule is CNc1snc(C)c1C(=O)NCC1CN(CC(C)C)CCO1. The van der Waals surface area contributed by atoms with Crippen LogP contribution in [0.3, 0.4) is 0 Å². The third-order valence-electron chi connectivity index (χ3n) is 3.65. The van der Waals surface area contributed by atoms with E-state index in [1.807, 2.05) is 6.92 Å². The zero-order chi connectivity index (χ0) is 16.1. The van der Waals surface area contributed by atoms with Crippen LogP contribution >= 0.6 is 11.5 Å². The lowest BCUT2D eigenvalue weighted by Crippen LogP contribution is -2.48. The summed E-state index contributed by atoms with van der Waals surface area (Å²) in [5.74, 6) is 0.561. The molecule has 2 N–H and O–H groups in total. The summed E-state index contributed by atoms with van der Waals surface area (Å²) in [4.78, 5) is 14.8. The zero-order valence-electron chi connectivity index (χ0n) is 13.8. The maximum Gasteiger partial charge on any atom is 0.256 e. The quantitative estimate of drug-likeness (QED) is 0.831. The number of ether oxygens (including phenoxy) is 1. The summed E-state index contributed by atoms with van der Waals surface area (Å²) in [6, 6.07) is 0. The summed E-state index contributed by atoms with van der Waals surface area (Å²) in [5, 5.41) is 6.81. The van der Waals surface area contributed by atoms with Gasteiger partial charge in [-0.2, -0.15) is 4.37 Å². The van der Waals surface area contributed by atoms with Crippen molar-refractivity contribution >= 4 is 22.4 Å². The van der Waals surface area contributed by atoms with Crippen LogP contribution < -0.4 is 10.6 Å². The molecule has 1 aromatic rings. The Labute approximate surface area is 136 Å². The second-order valence-corrected chi connectivity index (χ2v) is 6.85. The maximum atomic E-state index is 12.4. The van der Waals surface area contributed by atoms with Gasteiger partial charge in [0.15, 0.2) is 0 Å². The van der Waals surface area contributed by atoms with Gasteiger partial charge in [-0.3, -0.25) is 9.69 Å². The van der Waals surface area contributed by atoms with E-state index >= 15 is 0 Å². The fourth-order valence-corrected chi connectivity index (χ4v) is 3.43. The minimum absolute atomic E-state index is 0.0568. The lowest BCUT2D eigenvalue weighted by molar-refractivity contribution is -0.0295. The van der Waals surface area contributed by atoms with E-state index in [0.29, 0.717) is 18.0 Å². The van der Waals surface area contributed by atoms with Gasteiger partial charge in [0.25, 0.3) is 5.91 Å². The van der Waals surface area contributed by atoms with Gasteiger partial charge < -0.3 is 15.4 Å². The second-order valence-electron chi connectivity index (χ2n) is 6.08. The van der Waals surface area contributed by atoms with Crippen molar-refractivity contribution in [1.29, 1.82) is 0 Å². The first-order valence-corrected chi connectivity index (χ1v) is 8.54. The van der Waals surface area contributed by atoms with Crippen molar-refractivity contribution in [2.24, 2.45) is 5.92 Å². The maximum absolute atomic E-state index is 12.4. The summed E-state index contributed by atoms with van der Waals surface area (Å²) >= 11 is 1.31. The molecule has 2 rings (SSSR count). The Balaban J connectivity index is 1.87. The molecule has 22 heavy (non-hydrogen) atoms. The van der Waals surface area contributed by atoms with Crippen molar-refractivity contribution in [2.75, 3.05) is 45.2 Å². The molecule has 0 aliphatic carbocycles. The lowest BCUT2D eigenvalue weighted by atomic mass is 10.1. The lowest BCUT2D eigenvalue weighted by Gasteiger charge is -2.33. The Morgan fingerprint density at radius 1 is 1.55 bits per heavy atom.